The lowest BCUT2D eigenvalue weighted by Crippen LogP contribution is -2.27. The van der Waals surface area contributed by atoms with Gasteiger partial charge >= 0.3 is 0 Å². The van der Waals surface area contributed by atoms with Crippen molar-refractivity contribution >= 4 is 11.3 Å². The first-order valence-corrected chi connectivity index (χ1v) is 6.85. The summed E-state index contributed by atoms with van der Waals surface area (Å²) in [6, 6.07) is 0.668. The van der Waals surface area contributed by atoms with Gasteiger partial charge in [0, 0.05) is 36.1 Å². The molecule has 0 spiro atoms. The van der Waals surface area contributed by atoms with E-state index in [9.17, 15) is 0 Å². The number of rotatable bonds is 4. The molecule has 1 aromatic heterocycles. The summed E-state index contributed by atoms with van der Waals surface area (Å²) in [5.74, 6) is 0.665. The molecule has 0 aliphatic carbocycles. The van der Waals surface area contributed by atoms with Crippen LogP contribution in [0.5, 0.6) is 0 Å². The molecule has 3 nitrogen and oxygen atoms in total. The third kappa shape index (κ3) is 2.62. The highest BCUT2D eigenvalue weighted by molar-refractivity contribution is 7.11. The van der Waals surface area contributed by atoms with Crippen LogP contribution in [-0.2, 0) is 6.54 Å². The zero-order valence-corrected chi connectivity index (χ0v) is 11.2. The number of hydrogen-bond acceptors (Lipinski definition) is 4. The predicted molar refractivity (Wildman–Crippen MR) is 68.9 cm³/mol. The second-order valence-corrected chi connectivity index (χ2v) is 5.92. The van der Waals surface area contributed by atoms with E-state index >= 15 is 0 Å². The van der Waals surface area contributed by atoms with Crippen LogP contribution in [0.4, 0.5) is 0 Å². The molecular weight excluding hydrogens is 218 g/mol. The quantitative estimate of drug-likeness (QED) is 0.872. The molecule has 0 amide bonds. The van der Waals surface area contributed by atoms with Crippen molar-refractivity contribution in [1.29, 1.82) is 0 Å². The summed E-state index contributed by atoms with van der Waals surface area (Å²) in [5.41, 5.74) is 0. The van der Waals surface area contributed by atoms with Crippen molar-refractivity contribution in [2.75, 3.05) is 20.1 Å². The maximum Gasteiger partial charge on any atom is 0.0972 e. The first kappa shape index (κ1) is 12.0. The molecule has 1 N–H and O–H groups in total. The van der Waals surface area contributed by atoms with E-state index in [0.29, 0.717) is 12.0 Å². The average molecular weight is 239 g/mol. The molecule has 1 saturated heterocycles. The lowest BCUT2D eigenvalue weighted by molar-refractivity contribution is 0.272. The van der Waals surface area contributed by atoms with E-state index in [1.54, 1.807) is 0 Å². The van der Waals surface area contributed by atoms with E-state index in [4.69, 9.17) is 0 Å². The molecule has 1 aliphatic rings. The van der Waals surface area contributed by atoms with Crippen molar-refractivity contribution in [1.82, 2.24) is 15.2 Å². The Morgan fingerprint density at radius 3 is 3.06 bits per heavy atom. The highest BCUT2D eigenvalue weighted by Crippen LogP contribution is 2.30. The summed E-state index contributed by atoms with van der Waals surface area (Å²) in [7, 11) is 1.98. The van der Waals surface area contributed by atoms with Crippen LogP contribution < -0.4 is 5.32 Å². The highest BCUT2D eigenvalue weighted by Gasteiger charge is 2.27. The Kier molecular flexibility index (Phi) is 3.95. The van der Waals surface area contributed by atoms with E-state index in [1.165, 1.54) is 29.4 Å². The lowest BCUT2D eigenvalue weighted by Gasteiger charge is -2.19. The van der Waals surface area contributed by atoms with E-state index in [0.717, 1.165) is 6.54 Å². The predicted octanol–water partition coefficient (Wildman–Crippen LogP) is 2.06. The fraction of sp³-hybridized carbons (Fsp3) is 0.750. The molecular formula is C12H21N3S. The van der Waals surface area contributed by atoms with Gasteiger partial charge in [-0.1, -0.05) is 0 Å². The fourth-order valence-electron chi connectivity index (χ4n) is 2.23. The van der Waals surface area contributed by atoms with Crippen LogP contribution in [0.2, 0.25) is 0 Å². The molecule has 2 heterocycles. The first-order valence-electron chi connectivity index (χ1n) is 6.04. The second-order valence-electron chi connectivity index (χ2n) is 4.77. The molecule has 4 heteroatoms. The molecule has 0 bridgehead atoms. The Balaban J connectivity index is 1.97. The van der Waals surface area contributed by atoms with Crippen molar-refractivity contribution in [3.8, 4) is 0 Å². The molecule has 1 fully saturated rings. The molecule has 2 rings (SSSR count). The lowest BCUT2D eigenvalue weighted by atomic mass is 10.1. The SMILES string of the molecule is CNCc1cnc(C2CCN(C(C)C)C2)s1. The van der Waals surface area contributed by atoms with E-state index in [1.807, 2.05) is 24.6 Å². The third-order valence-corrected chi connectivity index (χ3v) is 4.38. The molecule has 90 valence electrons. The Morgan fingerprint density at radius 1 is 1.62 bits per heavy atom. The molecule has 1 aliphatic heterocycles. The summed E-state index contributed by atoms with van der Waals surface area (Å²) in [4.78, 5) is 8.46. The summed E-state index contributed by atoms with van der Waals surface area (Å²) >= 11 is 1.87. The Bertz CT molecular complexity index is 335. The Morgan fingerprint density at radius 2 is 2.44 bits per heavy atom. The molecule has 0 aromatic carbocycles. The number of aromatic nitrogens is 1. The minimum atomic E-state index is 0.665. The van der Waals surface area contributed by atoms with Gasteiger partial charge in [0.05, 0.1) is 5.01 Å². The van der Waals surface area contributed by atoms with Gasteiger partial charge in [0.15, 0.2) is 0 Å². The number of hydrogen-bond donors (Lipinski definition) is 1. The van der Waals surface area contributed by atoms with Crippen molar-refractivity contribution in [2.24, 2.45) is 0 Å². The van der Waals surface area contributed by atoms with Crippen molar-refractivity contribution in [2.45, 2.75) is 38.8 Å². The minimum absolute atomic E-state index is 0.665. The van der Waals surface area contributed by atoms with Gasteiger partial charge in [-0.2, -0.15) is 0 Å². The number of nitrogens with one attached hydrogen (secondary N) is 1. The minimum Gasteiger partial charge on any atom is -0.315 e. The summed E-state index contributed by atoms with van der Waals surface area (Å²) in [6.07, 6.45) is 3.29. The smallest absolute Gasteiger partial charge is 0.0972 e. The second kappa shape index (κ2) is 5.25. The highest BCUT2D eigenvalue weighted by atomic mass is 32.1. The van der Waals surface area contributed by atoms with Gasteiger partial charge < -0.3 is 10.2 Å². The number of thiazole rings is 1. The zero-order chi connectivity index (χ0) is 11.5. The van der Waals surface area contributed by atoms with Crippen LogP contribution in [0.25, 0.3) is 0 Å². The maximum atomic E-state index is 4.56. The van der Waals surface area contributed by atoms with Crippen LogP contribution in [-0.4, -0.2) is 36.1 Å². The zero-order valence-electron chi connectivity index (χ0n) is 10.4. The Labute approximate surface area is 102 Å². The number of nitrogens with zero attached hydrogens (tertiary/aromatic N) is 2. The first-order chi connectivity index (χ1) is 7.70. The topological polar surface area (TPSA) is 28.2 Å². The standard InChI is InChI=1S/C12H21N3S/c1-9(2)15-5-4-10(8-15)12-14-7-11(16-12)6-13-3/h7,9-10,13H,4-6,8H2,1-3H3. The van der Waals surface area contributed by atoms with Gasteiger partial charge in [0.1, 0.15) is 0 Å². The maximum absolute atomic E-state index is 4.56. The van der Waals surface area contributed by atoms with E-state index in [2.05, 4.69) is 29.0 Å². The van der Waals surface area contributed by atoms with Crippen molar-refractivity contribution in [3.05, 3.63) is 16.1 Å². The van der Waals surface area contributed by atoms with E-state index < -0.39 is 0 Å². The fourth-order valence-corrected chi connectivity index (χ4v) is 3.28. The summed E-state index contributed by atoms with van der Waals surface area (Å²) in [5, 5.41) is 4.50. The molecule has 16 heavy (non-hydrogen) atoms. The van der Waals surface area contributed by atoms with E-state index in [-0.39, 0.29) is 0 Å². The summed E-state index contributed by atoms with van der Waals surface area (Å²) < 4.78 is 0. The van der Waals surface area contributed by atoms with Gasteiger partial charge in [-0.05, 0) is 33.9 Å². The molecule has 0 radical (unpaired) electrons. The van der Waals surface area contributed by atoms with Gasteiger partial charge in [-0.25, -0.2) is 4.98 Å². The molecule has 1 aromatic rings. The molecule has 1 atom stereocenters. The van der Waals surface area contributed by atoms with Crippen molar-refractivity contribution < 1.29 is 0 Å². The average Bonchev–Trinajstić information content (AvgIpc) is 2.84. The van der Waals surface area contributed by atoms with Gasteiger partial charge in [0.25, 0.3) is 0 Å². The molecule has 1 unspecified atom stereocenters. The van der Waals surface area contributed by atoms with Crippen LogP contribution >= 0.6 is 11.3 Å². The van der Waals surface area contributed by atoms with Crippen molar-refractivity contribution in [3.63, 3.8) is 0 Å². The van der Waals surface area contributed by atoms with Gasteiger partial charge in [0.2, 0.25) is 0 Å². The third-order valence-electron chi connectivity index (χ3n) is 3.22. The van der Waals surface area contributed by atoms with Crippen LogP contribution in [0, 0.1) is 0 Å². The van der Waals surface area contributed by atoms with Crippen LogP contribution in [0.1, 0.15) is 36.1 Å². The van der Waals surface area contributed by atoms with Crippen LogP contribution in [0.3, 0.4) is 0 Å². The van der Waals surface area contributed by atoms with Gasteiger partial charge in [-0.3, -0.25) is 0 Å². The van der Waals surface area contributed by atoms with Crippen LogP contribution in [0.15, 0.2) is 6.20 Å². The van der Waals surface area contributed by atoms with Gasteiger partial charge in [-0.15, -0.1) is 11.3 Å². The summed E-state index contributed by atoms with van der Waals surface area (Å²) in [6.45, 7) is 7.90. The largest absolute Gasteiger partial charge is 0.315 e. The molecule has 0 saturated carbocycles. The Hall–Kier alpha value is -0.450. The monoisotopic (exact) mass is 239 g/mol. The number of likely N-dealkylation sites (tertiary alicyclic amines) is 1. The normalized spacial score (nSPS) is 22.1.